The standard InChI is InChI=1S/C14H17F2NO3/c1-14(6-18,7-19)17-13(20)10-5-9(10)8-2-3-11(15)12(16)4-8/h2-4,9-10,18-19H,5-7H2,1H3,(H,17,20)/t9-,10-/m0/s1. The summed E-state index contributed by atoms with van der Waals surface area (Å²) in [6.07, 6.45) is 0.545. The quantitative estimate of drug-likeness (QED) is 0.754. The third-order valence-electron chi connectivity index (χ3n) is 3.62. The van der Waals surface area contributed by atoms with Crippen molar-refractivity contribution < 1.29 is 23.8 Å². The number of halogens is 2. The average molecular weight is 285 g/mol. The monoisotopic (exact) mass is 285 g/mol. The molecule has 1 saturated carbocycles. The molecule has 0 saturated heterocycles. The van der Waals surface area contributed by atoms with E-state index in [1.54, 1.807) is 0 Å². The van der Waals surface area contributed by atoms with Gasteiger partial charge in [-0.3, -0.25) is 4.79 Å². The van der Waals surface area contributed by atoms with E-state index in [9.17, 15) is 13.6 Å². The van der Waals surface area contributed by atoms with Crippen molar-refractivity contribution in [2.75, 3.05) is 13.2 Å². The van der Waals surface area contributed by atoms with Crippen LogP contribution in [0.2, 0.25) is 0 Å². The molecule has 1 aromatic rings. The van der Waals surface area contributed by atoms with Crippen LogP contribution in [0.15, 0.2) is 18.2 Å². The summed E-state index contributed by atoms with van der Waals surface area (Å²) in [6, 6.07) is 3.61. The molecule has 6 heteroatoms. The first kappa shape index (κ1) is 14.9. The molecule has 1 amide bonds. The number of hydrogen-bond donors (Lipinski definition) is 3. The van der Waals surface area contributed by atoms with E-state index in [1.807, 2.05) is 0 Å². The van der Waals surface area contributed by atoms with Gasteiger partial charge in [0.25, 0.3) is 0 Å². The van der Waals surface area contributed by atoms with E-state index in [1.165, 1.54) is 13.0 Å². The van der Waals surface area contributed by atoms with Gasteiger partial charge in [-0.2, -0.15) is 0 Å². The predicted octanol–water partition coefficient (Wildman–Crippen LogP) is 0.928. The van der Waals surface area contributed by atoms with Crippen LogP contribution in [0.3, 0.4) is 0 Å². The Bertz CT molecular complexity index is 517. The van der Waals surface area contributed by atoms with Crippen LogP contribution in [0, 0.1) is 17.6 Å². The molecule has 3 N–H and O–H groups in total. The largest absolute Gasteiger partial charge is 0.394 e. The minimum absolute atomic E-state index is 0.147. The lowest BCUT2D eigenvalue weighted by atomic mass is 10.0. The highest BCUT2D eigenvalue weighted by molar-refractivity contribution is 5.83. The van der Waals surface area contributed by atoms with Gasteiger partial charge in [0.1, 0.15) is 0 Å². The summed E-state index contributed by atoms with van der Waals surface area (Å²) in [5, 5.41) is 20.8. The third kappa shape index (κ3) is 2.96. The maximum Gasteiger partial charge on any atom is 0.224 e. The van der Waals surface area contributed by atoms with Crippen LogP contribution in [0.25, 0.3) is 0 Å². The van der Waals surface area contributed by atoms with E-state index >= 15 is 0 Å². The van der Waals surface area contributed by atoms with Gasteiger partial charge in [-0.15, -0.1) is 0 Å². The number of aliphatic hydroxyl groups is 2. The number of rotatable bonds is 5. The second kappa shape index (κ2) is 5.46. The fourth-order valence-corrected chi connectivity index (χ4v) is 2.12. The molecule has 0 aliphatic heterocycles. The molecule has 0 spiro atoms. The first-order chi connectivity index (χ1) is 9.40. The molecule has 110 valence electrons. The lowest BCUT2D eigenvalue weighted by molar-refractivity contribution is -0.125. The summed E-state index contributed by atoms with van der Waals surface area (Å²) >= 11 is 0. The fraction of sp³-hybridized carbons (Fsp3) is 0.500. The molecule has 0 bridgehead atoms. The zero-order valence-corrected chi connectivity index (χ0v) is 11.1. The van der Waals surface area contributed by atoms with Crippen molar-refractivity contribution in [2.45, 2.75) is 24.8 Å². The van der Waals surface area contributed by atoms with Gasteiger partial charge in [0.15, 0.2) is 11.6 Å². The summed E-state index contributed by atoms with van der Waals surface area (Å²) in [7, 11) is 0. The SMILES string of the molecule is CC(CO)(CO)NC(=O)[C@H]1C[C@H]1c1ccc(F)c(F)c1. The number of carbonyl (C=O) groups excluding carboxylic acids is 1. The first-order valence-corrected chi connectivity index (χ1v) is 6.39. The molecule has 1 aromatic carbocycles. The van der Waals surface area contributed by atoms with Gasteiger partial charge in [-0.25, -0.2) is 8.78 Å². The maximum atomic E-state index is 13.1. The Balaban J connectivity index is 2.00. The molecule has 0 aromatic heterocycles. The molecule has 0 radical (unpaired) electrons. The van der Waals surface area contributed by atoms with Crippen molar-refractivity contribution >= 4 is 5.91 Å². The second-order valence-corrected chi connectivity index (χ2v) is 5.49. The van der Waals surface area contributed by atoms with E-state index in [2.05, 4.69) is 5.32 Å². The van der Waals surface area contributed by atoms with E-state index in [-0.39, 0.29) is 31.0 Å². The Kier molecular flexibility index (Phi) is 4.06. The molecule has 0 unspecified atom stereocenters. The highest BCUT2D eigenvalue weighted by atomic mass is 19.2. The van der Waals surface area contributed by atoms with Crippen molar-refractivity contribution in [3.63, 3.8) is 0 Å². The smallest absolute Gasteiger partial charge is 0.224 e. The van der Waals surface area contributed by atoms with Gasteiger partial charge >= 0.3 is 0 Å². The topological polar surface area (TPSA) is 69.6 Å². The molecule has 1 fully saturated rings. The predicted molar refractivity (Wildman–Crippen MR) is 67.9 cm³/mol. The van der Waals surface area contributed by atoms with Crippen LogP contribution in [0.1, 0.15) is 24.8 Å². The summed E-state index contributed by atoms with van der Waals surface area (Å²) in [5.74, 6) is -2.62. The Morgan fingerprint density at radius 3 is 2.55 bits per heavy atom. The third-order valence-corrected chi connectivity index (χ3v) is 3.62. The van der Waals surface area contributed by atoms with Crippen LogP contribution in [-0.2, 0) is 4.79 Å². The number of aliphatic hydroxyl groups excluding tert-OH is 2. The van der Waals surface area contributed by atoms with Crippen LogP contribution in [0.5, 0.6) is 0 Å². The van der Waals surface area contributed by atoms with E-state index in [0.717, 1.165) is 12.1 Å². The molecule has 0 heterocycles. The summed E-state index contributed by atoms with van der Waals surface area (Å²) in [4.78, 5) is 12.0. The second-order valence-electron chi connectivity index (χ2n) is 5.49. The molecule has 20 heavy (non-hydrogen) atoms. The summed E-state index contributed by atoms with van der Waals surface area (Å²) < 4.78 is 26.0. The maximum absolute atomic E-state index is 13.1. The molecule has 2 atom stereocenters. The number of nitrogens with one attached hydrogen (secondary N) is 1. The van der Waals surface area contributed by atoms with Crippen LogP contribution >= 0.6 is 0 Å². The fourth-order valence-electron chi connectivity index (χ4n) is 2.12. The Labute approximate surface area is 115 Å². The zero-order chi connectivity index (χ0) is 14.9. The van der Waals surface area contributed by atoms with Crippen LogP contribution < -0.4 is 5.32 Å². The van der Waals surface area contributed by atoms with Crippen molar-refractivity contribution in [3.8, 4) is 0 Å². The van der Waals surface area contributed by atoms with Gasteiger partial charge in [-0.05, 0) is 37.0 Å². The lowest BCUT2D eigenvalue weighted by Crippen LogP contribution is -2.52. The van der Waals surface area contributed by atoms with Gasteiger partial charge in [0, 0.05) is 5.92 Å². The van der Waals surface area contributed by atoms with E-state index in [0.29, 0.717) is 12.0 Å². The van der Waals surface area contributed by atoms with Crippen molar-refractivity contribution in [1.82, 2.24) is 5.32 Å². The van der Waals surface area contributed by atoms with Crippen molar-refractivity contribution in [3.05, 3.63) is 35.4 Å². The molecule has 1 aliphatic rings. The van der Waals surface area contributed by atoms with Gasteiger partial charge in [0.05, 0.1) is 18.8 Å². The minimum Gasteiger partial charge on any atom is -0.394 e. The van der Waals surface area contributed by atoms with Crippen molar-refractivity contribution in [1.29, 1.82) is 0 Å². The molecule has 4 nitrogen and oxygen atoms in total. The lowest BCUT2D eigenvalue weighted by Gasteiger charge is -2.26. The number of benzene rings is 1. The highest BCUT2D eigenvalue weighted by Crippen LogP contribution is 2.47. The Hall–Kier alpha value is -1.53. The Morgan fingerprint density at radius 2 is 2.00 bits per heavy atom. The van der Waals surface area contributed by atoms with E-state index in [4.69, 9.17) is 10.2 Å². The average Bonchev–Trinajstić information content (AvgIpc) is 3.22. The molecular weight excluding hydrogens is 268 g/mol. The van der Waals surface area contributed by atoms with Crippen molar-refractivity contribution in [2.24, 2.45) is 5.92 Å². The molecule has 2 rings (SSSR count). The van der Waals surface area contributed by atoms with Crippen LogP contribution in [0.4, 0.5) is 8.78 Å². The minimum atomic E-state index is -1.07. The Morgan fingerprint density at radius 1 is 1.35 bits per heavy atom. The van der Waals surface area contributed by atoms with E-state index < -0.39 is 17.2 Å². The molecular formula is C14H17F2NO3. The number of amides is 1. The normalized spacial score (nSPS) is 21.6. The van der Waals surface area contributed by atoms with Gasteiger partial charge < -0.3 is 15.5 Å². The number of hydrogen-bond acceptors (Lipinski definition) is 3. The zero-order valence-electron chi connectivity index (χ0n) is 11.1. The molecule has 1 aliphatic carbocycles. The number of carbonyl (C=O) groups is 1. The summed E-state index contributed by atoms with van der Waals surface area (Å²) in [6.45, 7) is 0.773. The first-order valence-electron chi connectivity index (χ1n) is 6.39. The van der Waals surface area contributed by atoms with Gasteiger partial charge in [-0.1, -0.05) is 6.07 Å². The summed E-state index contributed by atoms with van der Waals surface area (Å²) in [5.41, 5.74) is -0.489. The highest BCUT2D eigenvalue weighted by Gasteiger charge is 2.45. The van der Waals surface area contributed by atoms with Gasteiger partial charge in [0.2, 0.25) is 5.91 Å². The van der Waals surface area contributed by atoms with Crippen LogP contribution in [-0.4, -0.2) is 34.9 Å².